The fourth-order valence-electron chi connectivity index (χ4n) is 4.69. The van der Waals surface area contributed by atoms with E-state index in [1.54, 1.807) is 14.2 Å². The molecular weight excluding hydrogens is 436 g/mol. The number of hydrogen-bond donors (Lipinski definition) is 1. The molecule has 0 atom stereocenters. The van der Waals surface area contributed by atoms with Crippen LogP contribution in [0.3, 0.4) is 0 Å². The van der Waals surface area contributed by atoms with Gasteiger partial charge in [-0.3, -0.25) is 9.69 Å². The number of methoxy groups -OCH3 is 2. The molecule has 2 heterocycles. The Kier molecular flexibility index (Phi) is 8.76. The molecule has 9 heteroatoms. The lowest BCUT2D eigenvalue weighted by molar-refractivity contribution is -0.126. The van der Waals surface area contributed by atoms with Gasteiger partial charge in [-0.25, -0.2) is 0 Å². The summed E-state index contributed by atoms with van der Waals surface area (Å²) in [6, 6.07) is 5.53. The molecule has 2 aliphatic rings. The number of carbonyl (C=O) groups is 1. The molecule has 186 valence electrons. The van der Waals surface area contributed by atoms with Crippen molar-refractivity contribution >= 4 is 5.91 Å². The van der Waals surface area contributed by atoms with Gasteiger partial charge >= 0.3 is 0 Å². The summed E-state index contributed by atoms with van der Waals surface area (Å²) in [4.78, 5) is 19.3. The zero-order chi connectivity index (χ0) is 23.8. The summed E-state index contributed by atoms with van der Waals surface area (Å²) in [6.07, 6.45) is 7.92. The largest absolute Gasteiger partial charge is 0.493 e. The molecular formula is C25H36N4O5. The average Bonchev–Trinajstić information content (AvgIpc) is 3.56. The number of ether oxygens (including phenoxy) is 3. The summed E-state index contributed by atoms with van der Waals surface area (Å²) >= 11 is 0. The molecule has 0 bridgehead atoms. The second-order valence-electron chi connectivity index (χ2n) is 9.05. The summed E-state index contributed by atoms with van der Waals surface area (Å²) in [5.74, 6) is 2.58. The molecule has 0 radical (unpaired) electrons. The number of amides is 1. The van der Waals surface area contributed by atoms with Crippen LogP contribution in [-0.4, -0.2) is 67.5 Å². The van der Waals surface area contributed by atoms with Crippen LogP contribution >= 0.6 is 0 Å². The van der Waals surface area contributed by atoms with Gasteiger partial charge in [0.25, 0.3) is 0 Å². The maximum absolute atomic E-state index is 12.5. The molecule has 2 aromatic rings. The fraction of sp³-hybridized carbons (Fsp3) is 0.640. The summed E-state index contributed by atoms with van der Waals surface area (Å²) < 4.78 is 22.0. The molecule has 1 aliphatic heterocycles. The van der Waals surface area contributed by atoms with E-state index in [1.165, 1.54) is 25.7 Å². The van der Waals surface area contributed by atoms with E-state index in [2.05, 4.69) is 20.4 Å². The first-order chi connectivity index (χ1) is 16.7. The Bertz CT molecular complexity index is 920. The Morgan fingerprint density at radius 1 is 1.12 bits per heavy atom. The molecule has 1 aromatic carbocycles. The van der Waals surface area contributed by atoms with Crippen LogP contribution < -0.4 is 14.8 Å². The highest BCUT2D eigenvalue weighted by Crippen LogP contribution is 2.31. The summed E-state index contributed by atoms with van der Waals surface area (Å²) in [6.45, 7) is 3.66. The molecule has 1 aromatic heterocycles. The zero-order valence-corrected chi connectivity index (χ0v) is 20.3. The number of carbonyl (C=O) groups excluding carboxylic acids is 1. The number of nitrogens with zero attached hydrogens (tertiary/aromatic N) is 3. The predicted molar refractivity (Wildman–Crippen MR) is 127 cm³/mol. The standard InChI is InChI=1S/C25H36N4O5/c1-31-21-9-8-19(16-22(21)32-2)24-27-23(34-28-24)17-29-13-10-18(11-14-29)25(30)26-12-5-15-33-20-6-3-4-7-20/h8-9,16,18,20H,3-7,10-15,17H2,1-2H3,(H,26,30). The fourth-order valence-corrected chi connectivity index (χ4v) is 4.69. The summed E-state index contributed by atoms with van der Waals surface area (Å²) in [7, 11) is 3.20. The normalized spacial score (nSPS) is 17.7. The highest BCUT2D eigenvalue weighted by Gasteiger charge is 2.26. The van der Waals surface area contributed by atoms with Crippen molar-refractivity contribution in [2.45, 2.75) is 57.6 Å². The van der Waals surface area contributed by atoms with Crippen molar-refractivity contribution in [3.05, 3.63) is 24.1 Å². The minimum Gasteiger partial charge on any atom is -0.493 e. The van der Waals surface area contributed by atoms with Crippen LogP contribution in [0.2, 0.25) is 0 Å². The monoisotopic (exact) mass is 472 g/mol. The lowest BCUT2D eigenvalue weighted by Gasteiger charge is -2.30. The molecule has 34 heavy (non-hydrogen) atoms. The average molecular weight is 473 g/mol. The maximum atomic E-state index is 12.5. The van der Waals surface area contributed by atoms with Crippen molar-refractivity contribution < 1.29 is 23.5 Å². The molecule has 4 rings (SSSR count). The van der Waals surface area contributed by atoms with Crippen molar-refractivity contribution in [1.29, 1.82) is 0 Å². The van der Waals surface area contributed by atoms with Gasteiger partial charge in [0.1, 0.15) is 0 Å². The van der Waals surface area contributed by atoms with E-state index in [9.17, 15) is 4.79 Å². The number of likely N-dealkylation sites (tertiary alicyclic amines) is 1. The number of piperidine rings is 1. The van der Waals surface area contributed by atoms with Gasteiger partial charge in [0.05, 0.1) is 26.9 Å². The van der Waals surface area contributed by atoms with E-state index in [-0.39, 0.29) is 11.8 Å². The molecule has 1 saturated carbocycles. The Morgan fingerprint density at radius 2 is 1.88 bits per heavy atom. The topological polar surface area (TPSA) is 99.0 Å². The quantitative estimate of drug-likeness (QED) is 0.497. The van der Waals surface area contributed by atoms with Crippen molar-refractivity contribution in [3.63, 3.8) is 0 Å². The van der Waals surface area contributed by atoms with Gasteiger partial charge in [0, 0.05) is 24.6 Å². The van der Waals surface area contributed by atoms with E-state index in [0.717, 1.165) is 44.5 Å². The van der Waals surface area contributed by atoms with Crippen LogP contribution in [0.5, 0.6) is 11.5 Å². The zero-order valence-electron chi connectivity index (χ0n) is 20.3. The van der Waals surface area contributed by atoms with E-state index in [1.807, 2.05) is 18.2 Å². The first-order valence-electron chi connectivity index (χ1n) is 12.3. The summed E-state index contributed by atoms with van der Waals surface area (Å²) in [5.41, 5.74) is 0.802. The lowest BCUT2D eigenvalue weighted by Crippen LogP contribution is -2.40. The molecule has 0 unspecified atom stereocenters. The van der Waals surface area contributed by atoms with Crippen LogP contribution in [0.4, 0.5) is 0 Å². The Hall–Kier alpha value is -2.65. The number of nitrogens with one attached hydrogen (secondary N) is 1. The third-order valence-electron chi connectivity index (χ3n) is 6.70. The van der Waals surface area contributed by atoms with Crippen molar-refractivity contribution in [2.75, 3.05) is 40.5 Å². The van der Waals surface area contributed by atoms with E-state index < -0.39 is 0 Å². The van der Waals surface area contributed by atoms with Gasteiger partial charge in [-0.05, 0) is 63.4 Å². The lowest BCUT2D eigenvalue weighted by atomic mass is 9.96. The van der Waals surface area contributed by atoms with Crippen LogP contribution in [0.25, 0.3) is 11.4 Å². The van der Waals surface area contributed by atoms with Gasteiger partial charge in [-0.2, -0.15) is 4.98 Å². The minimum atomic E-state index is 0.0667. The van der Waals surface area contributed by atoms with Gasteiger partial charge in [-0.1, -0.05) is 18.0 Å². The molecule has 2 fully saturated rings. The van der Waals surface area contributed by atoms with Crippen molar-refractivity contribution in [3.8, 4) is 22.9 Å². The number of aromatic nitrogens is 2. The van der Waals surface area contributed by atoms with Crippen LogP contribution in [-0.2, 0) is 16.1 Å². The molecule has 1 saturated heterocycles. The highest BCUT2D eigenvalue weighted by atomic mass is 16.5. The SMILES string of the molecule is COc1ccc(-c2noc(CN3CCC(C(=O)NCCCOC4CCCC4)CC3)n2)cc1OC. The second-order valence-corrected chi connectivity index (χ2v) is 9.05. The number of benzene rings is 1. The van der Waals surface area contributed by atoms with Crippen molar-refractivity contribution in [1.82, 2.24) is 20.4 Å². The van der Waals surface area contributed by atoms with E-state index in [0.29, 0.717) is 42.4 Å². The molecule has 1 amide bonds. The maximum Gasteiger partial charge on any atom is 0.241 e. The third kappa shape index (κ3) is 6.48. The Labute approximate surface area is 201 Å². The Balaban J connectivity index is 1.17. The molecule has 0 spiro atoms. The van der Waals surface area contributed by atoms with Gasteiger partial charge < -0.3 is 24.1 Å². The van der Waals surface area contributed by atoms with Crippen molar-refractivity contribution in [2.24, 2.45) is 5.92 Å². The molecule has 1 N–H and O–H groups in total. The third-order valence-corrected chi connectivity index (χ3v) is 6.70. The molecule has 9 nitrogen and oxygen atoms in total. The van der Waals surface area contributed by atoms with Gasteiger partial charge in [0.2, 0.25) is 17.6 Å². The second kappa shape index (κ2) is 12.2. The molecule has 1 aliphatic carbocycles. The first kappa shape index (κ1) is 24.5. The highest BCUT2D eigenvalue weighted by molar-refractivity contribution is 5.78. The smallest absolute Gasteiger partial charge is 0.241 e. The van der Waals surface area contributed by atoms with Crippen LogP contribution in [0.15, 0.2) is 22.7 Å². The number of hydrogen-bond acceptors (Lipinski definition) is 8. The van der Waals surface area contributed by atoms with Gasteiger partial charge in [0.15, 0.2) is 11.5 Å². The van der Waals surface area contributed by atoms with Crippen LogP contribution in [0.1, 0.15) is 50.8 Å². The summed E-state index contributed by atoms with van der Waals surface area (Å²) in [5, 5.41) is 7.20. The van der Waals surface area contributed by atoms with E-state index >= 15 is 0 Å². The van der Waals surface area contributed by atoms with Crippen LogP contribution in [0, 0.1) is 5.92 Å². The van der Waals surface area contributed by atoms with E-state index in [4.69, 9.17) is 18.7 Å². The number of rotatable bonds is 11. The minimum absolute atomic E-state index is 0.0667. The Morgan fingerprint density at radius 3 is 2.62 bits per heavy atom. The predicted octanol–water partition coefficient (Wildman–Crippen LogP) is 3.43. The van der Waals surface area contributed by atoms with Gasteiger partial charge in [-0.15, -0.1) is 0 Å². The first-order valence-corrected chi connectivity index (χ1v) is 12.3.